The van der Waals surface area contributed by atoms with Gasteiger partial charge in [-0.05, 0) is 61.9 Å². The number of rotatable bonds is 6. The van der Waals surface area contributed by atoms with Gasteiger partial charge >= 0.3 is 0 Å². The summed E-state index contributed by atoms with van der Waals surface area (Å²) in [5.41, 5.74) is 2.28. The molecule has 1 unspecified atom stereocenters. The molecule has 2 nitrogen and oxygen atoms in total. The second-order valence-corrected chi connectivity index (χ2v) is 5.67. The minimum atomic E-state index is 0.462. The molecule has 1 N–H and O–H groups in total. The van der Waals surface area contributed by atoms with Crippen molar-refractivity contribution in [3.63, 3.8) is 0 Å². The zero-order valence-electron chi connectivity index (χ0n) is 11.4. The Labute approximate surface area is 115 Å². The lowest BCUT2D eigenvalue weighted by Gasteiger charge is -2.17. The van der Waals surface area contributed by atoms with Crippen molar-refractivity contribution in [1.82, 2.24) is 5.32 Å². The molecule has 0 aromatic heterocycles. The van der Waals surface area contributed by atoms with Crippen LogP contribution in [0.15, 0.2) is 12.1 Å². The Morgan fingerprint density at radius 2 is 2.17 bits per heavy atom. The fourth-order valence-corrected chi connectivity index (χ4v) is 2.35. The van der Waals surface area contributed by atoms with Gasteiger partial charge in [-0.15, -0.1) is 0 Å². The van der Waals surface area contributed by atoms with Crippen LogP contribution in [0.1, 0.15) is 43.2 Å². The zero-order chi connectivity index (χ0) is 13.1. The molecule has 1 aromatic carbocycles. The average Bonchev–Trinajstić information content (AvgIpc) is 3.16. The Morgan fingerprint density at radius 3 is 2.78 bits per heavy atom. The maximum absolute atomic E-state index is 6.21. The molecule has 1 aliphatic rings. The lowest BCUT2D eigenvalue weighted by Crippen LogP contribution is -2.19. The van der Waals surface area contributed by atoms with E-state index in [9.17, 15) is 0 Å². The summed E-state index contributed by atoms with van der Waals surface area (Å²) in [6.45, 7) is 5.31. The van der Waals surface area contributed by atoms with Gasteiger partial charge in [0, 0.05) is 11.1 Å². The van der Waals surface area contributed by atoms with Crippen LogP contribution in [0.4, 0.5) is 0 Å². The van der Waals surface area contributed by atoms with Crippen LogP contribution >= 0.6 is 11.6 Å². The van der Waals surface area contributed by atoms with Crippen LogP contribution in [0.25, 0.3) is 0 Å². The van der Waals surface area contributed by atoms with E-state index in [0.717, 1.165) is 35.3 Å². The fraction of sp³-hybridized carbons (Fsp3) is 0.600. The Kier molecular flexibility index (Phi) is 4.52. The van der Waals surface area contributed by atoms with Crippen molar-refractivity contribution in [2.75, 3.05) is 13.7 Å². The lowest BCUT2D eigenvalue weighted by atomic mass is 9.95. The van der Waals surface area contributed by atoms with E-state index in [0.29, 0.717) is 5.92 Å². The predicted octanol–water partition coefficient (Wildman–Crippen LogP) is 3.90. The van der Waals surface area contributed by atoms with E-state index in [2.05, 4.69) is 18.3 Å². The Hall–Kier alpha value is -0.730. The molecule has 1 fully saturated rings. The largest absolute Gasteiger partial charge is 0.496 e. The number of hydrogen-bond acceptors (Lipinski definition) is 2. The molecule has 0 aliphatic heterocycles. The highest BCUT2D eigenvalue weighted by molar-refractivity contribution is 6.31. The van der Waals surface area contributed by atoms with Gasteiger partial charge < -0.3 is 10.1 Å². The molecule has 1 saturated carbocycles. The SMILES string of the molecule is COc1cc(C)c(Cl)cc1C(C)CCNC1CC1. The van der Waals surface area contributed by atoms with Gasteiger partial charge in [-0.25, -0.2) is 0 Å². The summed E-state index contributed by atoms with van der Waals surface area (Å²) >= 11 is 6.21. The maximum atomic E-state index is 6.21. The van der Waals surface area contributed by atoms with Crippen LogP contribution in [0.5, 0.6) is 5.75 Å². The summed E-state index contributed by atoms with van der Waals surface area (Å²) in [5.74, 6) is 1.42. The van der Waals surface area contributed by atoms with Gasteiger partial charge in [-0.3, -0.25) is 0 Å². The van der Waals surface area contributed by atoms with Crippen molar-refractivity contribution in [2.45, 2.75) is 45.1 Å². The van der Waals surface area contributed by atoms with Gasteiger partial charge in [-0.2, -0.15) is 0 Å². The molecular weight excluding hydrogens is 246 g/mol. The maximum Gasteiger partial charge on any atom is 0.122 e. The highest BCUT2D eigenvalue weighted by Gasteiger charge is 2.20. The highest BCUT2D eigenvalue weighted by Crippen LogP contribution is 2.33. The topological polar surface area (TPSA) is 21.3 Å². The summed E-state index contributed by atoms with van der Waals surface area (Å²) in [7, 11) is 1.72. The van der Waals surface area contributed by atoms with Gasteiger partial charge in [0.15, 0.2) is 0 Å². The van der Waals surface area contributed by atoms with E-state index in [1.807, 2.05) is 13.0 Å². The number of benzene rings is 1. The minimum absolute atomic E-state index is 0.462. The summed E-state index contributed by atoms with van der Waals surface area (Å²) in [5, 5.41) is 4.37. The number of ether oxygens (including phenoxy) is 1. The fourth-order valence-electron chi connectivity index (χ4n) is 2.18. The molecule has 100 valence electrons. The first-order valence-corrected chi connectivity index (χ1v) is 7.07. The van der Waals surface area contributed by atoms with Crippen molar-refractivity contribution in [3.8, 4) is 5.75 Å². The average molecular weight is 268 g/mol. The van der Waals surface area contributed by atoms with Crippen LogP contribution in [0, 0.1) is 6.92 Å². The zero-order valence-corrected chi connectivity index (χ0v) is 12.2. The molecule has 3 heteroatoms. The molecule has 1 aromatic rings. The first-order valence-electron chi connectivity index (χ1n) is 6.69. The molecule has 0 spiro atoms. The summed E-state index contributed by atoms with van der Waals surface area (Å²) < 4.78 is 5.46. The van der Waals surface area contributed by atoms with Gasteiger partial charge in [0.05, 0.1) is 7.11 Å². The predicted molar refractivity (Wildman–Crippen MR) is 76.8 cm³/mol. The van der Waals surface area contributed by atoms with Gasteiger partial charge in [0.25, 0.3) is 0 Å². The first kappa shape index (κ1) is 13.7. The van der Waals surface area contributed by atoms with Crippen LogP contribution in [-0.2, 0) is 0 Å². The second kappa shape index (κ2) is 5.94. The van der Waals surface area contributed by atoms with Crippen LogP contribution in [0.2, 0.25) is 5.02 Å². The quantitative estimate of drug-likeness (QED) is 0.844. The molecule has 0 heterocycles. The van der Waals surface area contributed by atoms with Crippen LogP contribution in [-0.4, -0.2) is 19.7 Å². The van der Waals surface area contributed by atoms with Crippen molar-refractivity contribution in [1.29, 1.82) is 0 Å². The van der Waals surface area contributed by atoms with E-state index in [-0.39, 0.29) is 0 Å². The first-order chi connectivity index (χ1) is 8.61. The normalized spacial score (nSPS) is 16.7. The van der Waals surface area contributed by atoms with Gasteiger partial charge in [0.2, 0.25) is 0 Å². The molecule has 1 atom stereocenters. The minimum Gasteiger partial charge on any atom is -0.496 e. The van der Waals surface area contributed by atoms with Crippen molar-refractivity contribution in [3.05, 3.63) is 28.3 Å². The number of halogens is 1. The Bertz CT molecular complexity index is 415. The lowest BCUT2D eigenvalue weighted by molar-refractivity contribution is 0.404. The molecule has 0 radical (unpaired) electrons. The van der Waals surface area contributed by atoms with Crippen molar-refractivity contribution < 1.29 is 4.74 Å². The molecule has 0 amide bonds. The third-order valence-corrected chi connectivity index (χ3v) is 4.04. The smallest absolute Gasteiger partial charge is 0.122 e. The number of methoxy groups -OCH3 is 1. The molecule has 0 saturated heterocycles. The number of aryl methyl sites for hydroxylation is 1. The van der Waals surface area contributed by atoms with E-state index in [4.69, 9.17) is 16.3 Å². The Balaban J connectivity index is 2.02. The number of hydrogen-bond donors (Lipinski definition) is 1. The van der Waals surface area contributed by atoms with E-state index < -0.39 is 0 Å². The van der Waals surface area contributed by atoms with E-state index in [1.54, 1.807) is 7.11 Å². The molecule has 18 heavy (non-hydrogen) atoms. The van der Waals surface area contributed by atoms with Gasteiger partial charge in [0.1, 0.15) is 5.75 Å². The van der Waals surface area contributed by atoms with Crippen molar-refractivity contribution in [2.24, 2.45) is 0 Å². The monoisotopic (exact) mass is 267 g/mol. The molecular formula is C15H22ClNO. The molecule has 2 rings (SSSR count). The van der Waals surface area contributed by atoms with E-state index in [1.165, 1.54) is 18.4 Å². The van der Waals surface area contributed by atoms with Crippen LogP contribution < -0.4 is 10.1 Å². The van der Waals surface area contributed by atoms with Crippen LogP contribution in [0.3, 0.4) is 0 Å². The number of nitrogens with one attached hydrogen (secondary N) is 1. The van der Waals surface area contributed by atoms with E-state index >= 15 is 0 Å². The molecule has 0 bridgehead atoms. The molecule has 1 aliphatic carbocycles. The van der Waals surface area contributed by atoms with Crippen molar-refractivity contribution >= 4 is 11.6 Å². The highest BCUT2D eigenvalue weighted by atomic mass is 35.5. The summed E-state index contributed by atoms with van der Waals surface area (Å²) in [6.07, 6.45) is 3.80. The third-order valence-electron chi connectivity index (χ3n) is 3.63. The summed E-state index contributed by atoms with van der Waals surface area (Å²) in [4.78, 5) is 0. The van der Waals surface area contributed by atoms with Gasteiger partial charge in [-0.1, -0.05) is 18.5 Å². The summed E-state index contributed by atoms with van der Waals surface area (Å²) in [6, 6.07) is 4.86. The standard InChI is InChI=1S/C15H22ClNO/c1-10(6-7-17-12-4-5-12)13-9-14(16)11(2)8-15(13)18-3/h8-10,12,17H,4-7H2,1-3H3. The Morgan fingerprint density at radius 1 is 1.44 bits per heavy atom. The third kappa shape index (κ3) is 3.39. The second-order valence-electron chi connectivity index (χ2n) is 5.26.